The molecule has 0 N–H and O–H groups in total. The van der Waals surface area contributed by atoms with E-state index >= 15 is 0 Å². The first-order chi connectivity index (χ1) is 7.27. The van der Waals surface area contributed by atoms with Gasteiger partial charge in [0.25, 0.3) is 0 Å². The van der Waals surface area contributed by atoms with Crippen LogP contribution >= 0.6 is 0 Å². The normalized spacial score (nSPS) is 25.7. The molecule has 2 rings (SSSR count). The fraction of sp³-hybridized carbons (Fsp3) is 0.500. The summed E-state index contributed by atoms with van der Waals surface area (Å²) < 4.78 is 0. The summed E-state index contributed by atoms with van der Waals surface area (Å²) in [5, 5.41) is 0. The molecule has 2 atom stereocenters. The lowest BCUT2D eigenvalue weighted by molar-refractivity contribution is 0.720. The van der Waals surface area contributed by atoms with Crippen molar-refractivity contribution in [1.29, 1.82) is 0 Å². The summed E-state index contributed by atoms with van der Waals surface area (Å²) in [5.74, 6) is 0.705. The van der Waals surface area contributed by atoms with Crippen LogP contribution in [0.3, 0.4) is 0 Å². The summed E-state index contributed by atoms with van der Waals surface area (Å²) in [7, 11) is 0. The maximum atomic E-state index is 4.84. The van der Waals surface area contributed by atoms with Gasteiger partial charge in [-0.05, 0) is 37.7 Å². The highest BCUT2D eigenvalue weighted by molar-refractivity contribution is 5.88. The quantitative estimate of drug-likeness (QED) is 0.685. The van der Waals surface area contributed by atoms with E-state index in [0.29, 0.717) is 12.0 Å². The van der Waals surface area contributed by atoms with Crippen molar-refractivity contribution in [3.8, 4) is 0 Å². The van der Waals surface area contributed by atoms with Crippen LogP contribution in [0, 0.1) is 5.92 Å². The SMILES string of the molecule is CC1CCCC1=N[C@@H](C)c1ccccc1. The van der Waals surface area contributed by atoms with Gasteiger partial charge in [0.1, 0.15) is 0 Å². The molecule has 1 aliphatic rings. The summed E-state index contributed by atoms with van der Waals surface area (Å²) in [6.45, 7) is 4.48. The van der Waals surface area contributed by atoms with Crippen LogP contribution in [-0.2, 0) is 0 Å². The summed E-state index contributed by atoms with van der Waals surface area (Å²) in [6.07, 6.45) is 3.85. The van der Waals surface area contributed by atoms with E-state index in [1.54, 1.807) is 0 Å². The Morgan fingerprint density at radius 3 is 2.60 bits per heavy atom. The first kappa shape index (κ1) is 10.4. The Morgan fingerprint density at radius 1 is 1.27 bits per heavy atom. The summed E-state index contributed by atoms with van der Waals surface area (Å²) in [4.78, 5) is 4.84. The van der Waals surface area contributed by atoms with Crippen molar-refractivity contribution in [3.05, 3.63) is 35.9 Å². The lowest BCUT2D eigenvalue weighted by Gasteiger charge is -2.10. The van der Waals surface area contributed by atoms with Crippen molar-refractivity contribution in [2.75, 3.05) is 0 Å². The molecule has 1 aromatic carbocycles. The predicted octanol–water partition coefficient (Wildman–Crippen LogP) is 4.01. The fourth-order valence-corrected chi connectivity index (χ4v) is 2.25. The monoisotopic (exact) mass is 201 g/mol. The van der Waals surface area contributed by atoms with Crippen LogP contribution in [0.2, 0.25) is 0 Å². The van der Waals surface area contributed by atoms with Gasteiger partial charge in [-0.1, -0.05) is 37.3 Å². The van der Waals surface area contributed by atoms with E-state index in [9.17, 15) is 0 Å². The maximum absolute atomic E-state index is 4.84. The lowest BCUT2D eigenvalue weighted by atomic mass is 10.1. The summed E-state index contributed by atoms with van der Waals surface area (Å²) >= 11 is 0. The number of hydrogen-bond acceptors (Lipinski definition) is 1. The largest absolute Gasteiger partial charge is 0.286 e. The zero-order chi connectivity index (χ0) is 10.7. The predicted molar refractivity (Wildman–Crippen MR) is 65.3 cm³/mol. The van der Waals surface area contributed by atoms with Crippen molar-refractivity contribution in [3.63, 3.8) is 0 Å². The van der Waals surface area contributed by atoms with Gasteiger partial charge in [0.2, 0.25) is 0 Å². The van der Waals surface area contributed by atoms with Crippen molar-refractivity contribution in [1.82, 2.24) is 0 Å². The molecule has 0 saturated heterocycles. The summed E-state index contributed by atoms with van der Waals surface area (Å²) in [6, 6.07) is 10.9. The van der Waals surface area contributed by atoms with E-state index in [0.717, 1.165) is 0 Å². The molecule has 15 heavy (non-hydrogen) atoms. The Balaban J connectivity index is 2.12. The Bertz CT molecular complexity index is 340. The Hall–Kier alpha value is -1.11. The second-order valence-corrected chi connectivity index (χ2v) is 4.50. The Kier molecular flexibility index (Phi) is 3.20. The van der Waals surface area contributed by atoms with Gasteiger partial charge in [-0.2, -0.15) is 0 Å². The molecule has 1 saturated carbocycles. The van der Waals surface area contributed by atoms with Crippen LogP contribution in [-0.4, -0.2) is 5.71 Å². The molecule has 1 fully saturated rings. The second kappa shape index (κ2) is 4.61. The van der Waals surface area contributed by atoms with Crippen LogP contribution in [0.5, 0.6) is 0 Å². The molecule has 0 aromatic heterocycles. The van der Waals surface area contributed by atoms with E-state index in [1.165, 1.54) is 30.5 Å². The average Bonchev–Trinajstić information content (AvgIpc) is 2.66. The van der Waals surface area contributed by atoms with Crippen molar-refractivity contribution in [2.24, 2.45) is 10.9 Å². The number of hydrogen-bond donors (Lipinski definition) is 0. The topological polar surface area (TPSA) is 12.4 Å². The molecule has 1 aliphatic carbocycles. The molecule has 0 amide bonds. The molecule has 1 heteroatoms. The molecule has 0 radical (unpaired) electrons. The molecule has 1 unspecified atom stereocenters. The van der Waals surface area contributed by atoms with Gasteiger partial charge in [0.05, 0.1) is 6.04 Å². The minimum atomic E-state index is 0.321. The first-order valence-corrected chi connectivity index (χ1v) is 5.89. The fourth-order valence-electron chi connectivity index (χ4n) is 2.25. The Labute approximate surface area is 92.2 Å². The number of benzene rings is 1. The van der Waals surface area contributed by atoms with Gasteiger partial charge in [-0.3, -0.25) is 4.99 Å². The molecular formula is C14H19N. The lowest BCUT2D eigenvalue weighted by Crippen LogP contribution is -2.04. The molecule has 1 nitrogen and oxygen atoms in total. The minimum absolute atomic E-state index is 0.321. The highest BCUT2D eigenvalue weighted by Gasteiger charge is 2.18. The number of aliphatic imine (C=N–C) groups is 1. The zero-order valence-corrected chi connectivity index (χ0v) is 9.61. The third kappa shape index (κ3) is 2.47. The van der Waals surface area contributed by atoms with Crippen LogP contribution in [0.15, 0.2) is 35.3 Å². The van der Waals surface area contributed by atoms with Gasteiger partial charge in [-0.15, -0.1) is 0 Å². The van der Waals surface area contributed by atoms with Gasteiger partial charge in [0, 0.05) is 5.71 Å². The van der Waals surface area contributed by atoms with Gasteiger partial charge >= 0.3 is 0 Å². The maximum Gasteiger partial charge on any atom is 0.0720 e. The molecule has 0 spiro atoms. The molecule has 1 aromatic rings. The Morgan fingerprint density at radius 2 is 2.00 bits per heavy atom. The van der Waals surface area contributed by atoms with Crippen molar-refractivity contribution in [2.45, 2.75) is 39.2 Å². The molecule has 0 aliphatic heterocycles. The second-order valence-electron chi connectivity index (χ2n) is 4.50. The van der Waals surface area contributed by atoms with Crippen molar-refractivity contribution >= 4 is 5.71 Å². The minimum Gasteiger partial charge on any atom is -0.286 e. The highest BCUT2D eigenvalue weighted by Crippen LogP contribution is 2.25. The molecule has 80 valence electrons. The van der Waals surface area contributed by atoms with Gasteiger partial charge in [0.15, 0.2) is 0 Å². The van der Waals surface area contributed by atoms with Crippen LogP contribution in [0.4, 0.5) is 0 Å². The standard InChI is InChI=1S/C14H19N/c1-11-7-6-10-14(11)15-12(2)13-8-4-3-5-9-13/h3-5,8-9,11-12H,6-7,10H2,1-2H3/t11?,12-/m0/s1. The summed E-state index contributed by atoms with van der Waals surface area (Å²) in [5.41, 5.74) is 2.75. The highest BCUT2D eigenvalue weighted by atomic mass is 14.8. The smallest absolute Gasteiger partial charge is 0.0720 e. The van der Waals surface area contributed by atoms with E-state index in [-0.39, 0.29) is 0 Å². The van der Waals surface area contributed by atoms with Crippen molar-refractivity contribution < 1.29 is 0 Å². The molecular weight excluding hydrogens is 182 g/mol. The van der Waals surface area contributed by atoms with Gasteiger partial charge < -0.3 is 0 Å². The van der Waals surface area contributed by atoms with Crippen LogP contribution < -0.4 is 0 Å². The average molecular weight is 201 g/mol. The zero-order valence-electron chi connectivity index (χ0n) is 9.61. The van der Waals surface area contributed by atoms with E-state index in [2.05, 4.69) is 44.2 Å². The van der Waals surface area contributed by atoms with E-state index < -0.39 is 0 Å². The number of nitrogens with zero attached hydrogens (tertiary/aromatic N) is 1. The van der Waals surface area contributed by atoms with Crippen LogP contribution in [0.25, 0.3) is 0 Å². The van der Waals surface area contributed by atoms with Crippen LogP contribution in [0.1, 0.15) is 44.7 Å². The van der Waals surface area contributed by atoms with E-state index in [1.807, 2.05) is 0 Å². The number of rotatable bonds is 2. The third-order valence-corrected chi connectivity index (χ3v) is 3.28. The molecule has 0 bridgehead atoms. The third-order valence-electron chi connectivity index (χ3n) is 3.28. The van der Waals surface area contributed by atoms with Gasteiger partial charge in [-0.25, -0.2) is 0 Å². The van der Waals surface area contributed by atoms with E-state index in [4.69, 9.17) is 4.99 Å². The molecule has 0 heterocycles. The first-order valence-electron chi connectivity index (χ1n) is 5.89.